The number of fused-ring (bicyclic) bond motifs is 1. The van der Waals surface area contributed by atoms with Crippen LogP contribution in [-0.4, -0.2) is 10.9 Å². The summed E-state index contributed by atoms with van der Waals surface area (Å²) in [5, 5.41) is 1.20. The molecule has 0 amide bonds. The maximum Gasteiger partial charge on any atom is 0.194 e. The first-order valence-corrected chi connectivity index (χ1v) is 9.54. The number of aromatic nitrogens is 1. The molecule has 0 aliphatic rings. The van der Waals surface area contributed by atoms with Gasteiger partial charge in [-0.25, -0.2) is 0 Å². The summed E-state index contributed by atoms with van der Waals surface area (Å²) in [6, 6.07) is 24.9. The summed E-state index contributed by atoms with van der Waals surface area (Å²) >= 11 is 6.19. The predicted molar refractivity (Wildman–Crippen MR) is 120 cm³/mol. The lowest BCUT2D eigenvalue weighted by molar-refractivity contribution is 0.985. The Kier molecular flexibility index (Phi) is 5.59. The summed E-state index contributed by atoms with van der Waals surface area (Å²) < 4.78 is 1.98. The van der Waals surface area contributed by atoms with E-state index in [1.807, 2.05) is 77.5 Å². The normalized spacial score (nSPS) is 11.1. The van der Waals surface area contributed by atoms with Gasteiger partial charge in [-0.2, -0.15) is 0 Å². The minimum absolute atomic E-state index is 0.0444. The third kappa shape index (κ3) is 4.31. The molecule has 4 aromatic rings. The van der Waals surface area contributed by atoms with Crippen LogP contribution in [0.25, 0.3) is 16.6 Å². The molecule has 0 atom stereocenters. The number of hydrazine groups is 1. The van der Waals surface area contributed by atoms with Gasteiger partial charge in [-0.05, 0) is 42.5 Å². The number of benzene rings is 3. The minimum Gasteiger partial charge on any atom is -0.316 e. The van der Waals surface area contributed by atoms with E-state index in [0.717, 1.165) is 16.9 Å². The number of hydrogen-bond donors (Lipinski definition) is 2. The highest BCUT2D eigenvalue weighted by atomic mass is 35.5. The Morgan fingerprint density at radius 2 is 1.69 bits per heavy atom. The Hall–Kier alpha value is -3.57. The fourth-order valence-corrected chi connectivity index (χ4v) is 3.26. The lowest BCUT2D eigenvalue weighted by atomic mass is 10.1. The molecule has 0 spiro atoms. The zero-order valence-corrected chi connectivity index (χ0v) is 16.3. The summed E-state index contributed by atoms with van der Waals surface area (Å²) in [4.78, 5) is 17.3. The van der Waals surface area contributed by atoms with Gasteiger partial charge in [0.1, 0.15) is 6.34 Å². The van der Waals surface area contributed by atoms with Crippen LogP contribution in [0, 0.1) is 0 Å². The second-order valence-corrected chi connectivity index (χ2v) is 6.89. The smallest absolute Gasteiger partial charge is 0.194 e. The van der Waals surface area contributed by atoms with Crippen molar-refractivity contribution in [2.45, 2.75) is 6.54 Å². The monoisotopic (exact) mass is 402 g/mol. The van der Waals surface area contributed by atoms with Crippen LogP contribution < -0.4 is 16.3 Å². The van der Waals surface area contributed by atoms with Crippen LogP contribution in [0.4, 0.5) is 5.69 Å². The SMILES string of the molecule is O=c1c(CN=CNNc2ccccc2)cn(-c2ccccc2)c2cc(Cl)ccc12. The molecule has 0 aliphatic heterocycles. The number of anilines is 1. The predicted octanol–water partition coefficient (Wildman–Crippen LogP) is 4.79. The average Bonchev–Trinajstić information content (AvgIpc) is 2.76. The third-order valence-corrected chi connectivity index (χ3v) is 4.72. The fourth-order valence-electron chi connectivity index (χ4n) is 3.09. The van der Waals surface area contributed by atoms with E-state index >= 15 is 0 Å². The van der Waals surface area contributed by atoms with Crippen molar-refractivity contribution in [3.8, 4) is 5.69 Å². The van der Waals surface area contributed by atoms with Crippen LogP contribution in [0.15, 0.2) is 94.8 Å². The van der Waals surface area contributed by atoms with Crippen molar-refractivity contribution in [1.29, 1.82) is 0 Å². The maximum atomic E-state index is 12.9. The first-order valence-electron chi connectivity index (χ1n) is 9.16. The van der Waals surface area contributed by atoms with Crippen molar-refractivity contribution < 1.29 is 0 Å². The first-order chi connectivity index (χ1) is 14.2. The number of rotatable bonds is 6. The topological polar surface area (TPSA) is 58.4 Å². The van der Waals surface area contributed by atoms with Crippen molar-refractivity contribution >= 4 is 34.5 Å². The van der Waals surface area contributed by atoms with Crippen LogP contribution in [0.2, 0.25) is 5.02 Å². The van der Waals surface area contributed by atoms with Gasteiger partial charge in [-0.3, -0.25) is 15.2 Å². The van der Waals surface area contributed by atoms with Crippen molar-refractivity contribution in [2.75, 3.05) is 5.43 Å². The van der Waals surface area contributed by atoms with Gasteiger partial charge in [0.05, 0.1) is 17.7 Å². The fraction of sp³-hybridized carbons (Fsp3) is 0.0435. The van der Waals surface area contributed by atoms with E-state index in [0.29, 0.717) is 16.0 Å². The molecule has 0 fully saturated rings. The Labute approximate surface area is 173 Å². The molecular formula is C23H19ClN4O. The maximum absolute atomic E-state index is 12.9. The van der Waals surface area contributed by atoms with Crippen LogP contribution in [0.3, 0.4) is 0 Å². The van der Waals surface area contributed by atoms with Gasteiger partial charge < -0.3 is 9.99 Å². The van der Waals surface area contributed by atoms with Gasteiger partial charge in [-0.15, -0.1) is 0 Å². The zero-order chi connectivity index (χ0) is 20.1. The molecule has 0 bridgehead atoms. The van der Waals surface area contributed by atoms with Crippen molar-refractivity contribution in [1.82, 2.24) is 9.99 Å². The van der Waals surface area contributed by atoms with E-state index in [-0.39, 0.29) is 12.0 Å². The highest BCUT2D eigenvalue weighted by molar-refractivity contribution is 6.31. The van der Waals surface area contributed by atoms with E-state index in [1.54, 1.807) is 18.5 Å². The Morgan fingerprint density at radius 3 is 2.45 bits per heavy atom. The lowest BCUT2D eigenvalue weighted by Gasteiger charge is -2.13. The minimum atomic E-state index is -0.0444. The molecule has 144 valence electrons. The second-order valence-electron chi connectivity index (χ2n) is 6.46. The highest BCUT2D eigenvalue weighted by Crippen LogP contribution is 2.21. The number of pyridine rings is 1. The van der Waals surface area contributed by atoms with Gasteiger partial charge in [0, 0.05) is 27.9 Å². The van der Waals surface area contributed by atoms with Gasteiger partial charge in [-0.1, -0.05) is 48.0 Å². The summed E-state index contributed by atoms with van der Waals surface area (Å²) in [6.07, 6.45) is 3.38. The molecule has 6 heteroatoms. The summed E-state index contributed by atoms with van der Waals surface area (Å²) in [5.74, 6) is 0. The van der Waals surface area contributed by atoms with E-state index in [1.165, 1.54) is 0 Å². The average molecular weight is 403 g/mol. The number of aliphatic imine (C=N–C) groups is 1. The van der Waals surface area contributed by atoms with Gasteiger partial charge in [0.2, 0.25) is 0 Å². The molecule has 1 aromatic heterocycles. The molecule has 0 unspecified atom stereocenters. The number of para-hydroxylation sites is 2. The molecule has 0 radical (unpaired) electrons. The van der Waals surface area contributed by atoms with E-state index < -0.39 is 0 Å². The number of nitrogens with zero attached hydrogens (tertiary/aromatic N) is 2. The molecule has 0 saturated carbocycles. The molecule has 1 heterocycles. The van der Waals surface area contributed by atoms with Crippen LogP contribution >= 0.6 is 11.6 Å². The van der Waals surface area contributed by atoms with E-state index in [4.69, 9.17) is 11.6 Å². The lowest BCUT2D eigenvalue weighted by Crippen LogP contribution is -2.20. The Balaban J connectivity index is 1.62. The first kappa shape index (κ1) is 18.8. The molecule has 3 aromatic carbocycles. The quantitative estimate of drug-likeness (QED) is 0.277. The summed E-state index contributed by atoms with van der Waals surface area (Å²) in [6.45, 7) is 0.258. The van der Waals surface area contributed by atoms with Crippen molar-refractivity contribution in [3.05, 3.63) is 106 Å². The van der Waals surface area contributed by atoms with Gasteiger partial charge in [0.15, 0.2) is 5.43 Å². The number of halogens is 1. The van der Waals surface area contributed by atoms with Crippen molar-refractivity contribution in [3.63, 3.8) is 0 Å². The molecule has 4 rings (SSSR count). The number of hydrogen-bond acceptors (Lipinski definition) is 3. The summed E-state index contributed by atoms with van der Waals surface area (Å²) in [5.41, 5.74) is 9.14. The largest absolute Gasteiger partial charge is 0.316 e. The second kappa shape index (κ2) is 8.63. The number of nitrogens with one attached hydrogen (secondary N) is 2. The molecule has 5 nitrogen and oxygen atoms in total. The Bertz CT molecular complexity index is 1200. The van der Waals surface area contributed by atoms with Crippen LogP contribution in [0.1, 0.15) is 5.56 Å². The van der Waals surface area contributed by atoms with E-state index in [2.05, 4.69) is 15.8 Å². The molecule has 0 aliphatic carbocycles. The van der Waals surface area contributed by atoms with Gasteiger partial charge >= 0.3 is 0 Å². The zero-order valence-electron chi connectivity index (χ0n) is 15.5. The molecule has 2 N–H and O–H groups in total. The highest BCUT2D eigenvalue weighted by Gasteiger charge is 2.10. The molecular weight excluding hydrogens is 384 g/mol. The van der Waals surface area contributed by atoms with Crippen LogP contribution in [-0.2, 0) is 6.54 Å². The third-order valence-electron chi connectivity index (χ3n) is 4.48. The van der Waals surface area contributed by atoms with Crippen molar-refractivity contribution in [2.24, 2.45) is 4.99 Å². The standard InChI is InChI=1S/C23H19ClN4O/c24-18-11-12-21-22(13-18)28(20-9-5-2-6-10-20)15-17(23(21)29)14-25-16-26-27-19-7-3-1-4-8-19/h1-13,15-16,27H,14H2,(H,25,26). The van der Waals surface area contributed by atoms with E-state index in [9.17, 15) is 4.79 Å². The molecule has 29 heavy (non-hydrogen) atoms. The Morgan fingerprint density at radius 1 is 0.966 bits per heavy atom. The molecule has 0 saturated heterocycles. The van der Waals surface area contributed by atoms with Gasteiger partial charge in [0.25, 0.3) is 0 Å². The van der Waals surface area contributed by atoms with Crippen LogP contribution in [0.5, 0.6) is 0 Å². The summed E-state index contributed by atoms with van der Waals surface area (Å²) in [7, 11) is 0.